The minimum absolute atomic E-state index is 0.191. The number of rotatable bonds is 5. The fourth-order valence-electron chi connectivity index (χ4n) is 1.67. The van der Waals surface area contributed by atoms with Gasteiger partial charge in [-0.05, 0) is 13.0 Å². The number of non-ortho nitro benzene ring substituents is 1. The third-order valence-corrected chi connectivity index (χ3v) is 3.52. The molecule has 2 aromatic rings. The highest BCUT2D eigenvalue weighted by atomic mass is 32.1. The van der Waals surface area contributed by atoms with Gasteiger partial charge in [-0.25, -0.2) is 13.8 Å². The van der Waals surface area contributed by atoms with Gasteiger partial charge in [-0.3, -0.25) is 10.1 Å². The van der Waals surface area contributed by atoms with Crippen LogP contribution in [-0.2, 0) is 6.54 Å². The van der Waals surface area contributed by atoms with E-state index in [1.807, 2.05) is 6.92 Å². The lowest BCUT2D eigenvalue weighted by molar-refractivity contribution is -0.385. The van der Waals surface area contributed by atoms with E-state index in [2.05, 4.69) is 10.3 Å². The first kappa shape index (κ1) is 14.3. The molecule has 0 bridgehead atoms. The maximum absolute atomic E-state index is 12.9. The van der Waals surface area contributed by atoms with Crippen LogP contribution in [0.5, 0.6) is 0 Å². The highest BCUT2D eigenvalue weighted by Crippen LogP contribution is 2.31. The fourth-order valence-corrected chi connectivity index (χ4v) is 2.41. The fraction of sp³-hybridized carbons (Fsp3) is 0.250. The summed E-state index contributed by atoms with van der Waals surface area (Å²) in [6.45, 7) is 2.20. The van der Waals surface area contributed by atoms with Gasteiger partial charge in [0.05, 0.1) is 16.5 Å². The van der Waals surface area contributed by atoms with Crippen molar-refractivity contribution in [2.45, 2.75) is 19.9 Å². The van der Waals surface area contributed by atoms with E-state index in [0.717, 1.165) is 16.0 Å². The lowest BCUT2D eigenvalue weighted by atomic mass is 10.1. The summed E-state index contributed by atoms with van der Waals surface area (Å²) in [5.41, 5.74) is -0.531. The molecule has 0 fully saturated rings. The number of benzene rings is 1. The van der Waals surface area contributed by atoms with E-state index in [1.165, 1.54) is 23.5 Å². The van der Waals surface area contributed by atoms with Crippen LogP contribution in [0.1, 0.15) is 21.9 Å². The third kappa shape index (κ3) is 3.27. The third-order valence-electron chi connectivity index (χ3n) is 2.60. The SMILES string of the molecule is Cc1ncc(CNc2ccc([N+](=O)[O-])cc2C(F)F)s1. The molecule has 1 aromatic heterocycles. The average molecular weight is 299 g/mol. The van der Waals surface area contributed by atoms with Gasteiger partial charge in [0.25, 0.3) is 12.1 Å². The van der Waals surface area contributed by atoms with Crippen LogP contribution >= 0.6 is 11.3 Å². The molecule has 0 saturated heterocycles. The molecule has 0 spiro atoms. The van der Waals surface area contributed by atoms with E-state index in [1.54, 1.807) is 6.20 Å². The van der Waals surface area contributed by atoms with Gasteiger partial charge in [-0.1, -0.05) is 0 Å². The molecule has 1 heterocycles. The zero-order valence-electron chi connectivity index (χ0n) is 10.5. The van der Waals surface area contributed by atoms with Crippen LogP contribution in [0, 0.1) is 17.0 Å². The van der Waals surface area contributed by atoms with Crippen LogP contribution < -0.4 is 5.32 Å². The van der Waals surface area contributed by atoms with Crippen molar-refractivity contribution in [3.8, 4) is 0 Å². The standard InChI is InChI=1S/C12H11F2N3O2S/c1-7-15-5-9(20-7)6-16-11-3-2-8(17(18)19)4-10(11)12(13)14/h2-5,12,16H,6H2,1H3. The number of nitro groups is 1. The molecule has 20 heavy (non-hydrogen) atoms. The second-order valence-electron chi connectivity index (χ2n) is 4.03. The summed E-state index contributed by atoms with van der Waals surface area (Å²) in [6.07, 6.45) is -1.11. The Morgan fingerprint density at radius 2 is 2.25 bits per heavy atom. The molecule has 106 valence electrons. The Kier molecular flexibility index (Phi) is 4.23. The van der Waals surface area contributed by atoms with E-state index in [4.69, 9.17) is 0 Å². The normalized spacial score (nSPS) is 10.8. The number of alkyl halides is 2. The molecule has 0 radical (unpaired) electrons. The van der Waals surface area contributed by atoms with Crippen LogP contribution in [0.15, 0.2) is 24.4 Å². The molecule has 2 rings (SSSR count). The summed E-state index contributed by atoms with van der Waals surface area (Å²) in [4.78, 5) is 14.9. The average Bonchev–Trinajstić information content (AvgIpc) is 2.81. The molecule has 0 amide bonds. The van der Waals surface area contributed by atoms with Crippen molar-refractivity contribution in [3.63, 3.8) is 0 Å². The zero-order chi connectivity index (χ0) is 14.7. The van der Waals surface area contributed by atoms with Gasteiger partial charge in [0.1, 0.15) is 0 Å². The van der Waals surface area contributed by atoms with Crippen molar-refractivity contribution >= 4 is 22.7 Å². The maximum atomic E-state index is 12.9. The van der Waals surface area contributed by atoms with E-state index in [9.17, 15) is 18.9 Å². The molecular weight excluding hydrogens is 288 g/mol. The largest absolute Gasteiger partial charge is 0.380 e. The van der Waals surface area contributed by atoms with Crippen molar-refractivity contribution in [1.82, 2.24) is 4.98 Å². The second kappa shape index (κ2) is 5.91. The van der Waals surface area contributed by atoms with Crippen LogP contribution in [0.25, 0.3) is 0 Å². The second-order valence-corrected chi connectivity index (χ2v) is 5.35. The molecule has 0 saturated carbocycles. The Bertz CT molecular complexity index is 631. The summed E-state index contributed by atoms with van der Waals surface area (Å²) in [6, 6.07) is 3.39. The van der Waals surface area contributed by atoms with Gasteiger partial charge in [0, 0.05) is 34.5 Å². The Labute approximate surface area is 117 Å². The first-order valence-corrected chi connectivity index (χ1v) is 6.50. The number of aryl methyl sites for hydroxylation is 1. The monoisotopic (exact) mass is 299 g/mol. The summed E-state index contributed by atoms with van der Waals surface area (Å²) in [7, 11) is 0. The van der Waals surface area contributed by atoms with Crippen molar-refractivity contribution in [1.29, 1.82) is 0 Å². The van der Waals surface area contributed by atoms with Gasteiger partial charge in [0.15, 0.2) is 0 Å². The number of hydrogen-bond acceptors (Lipinski definition) is 5. The number of anilines is 1. The van der Waals surface area contributed by atoms with Gasteiger partial charge in [-0.2, -0.15) is 0 Å². The molecule has 1 aromatic carbocycles. The topological polar surface area (TPSA) is 68.1 Å². The lowest BCUT2D eigenvalue weighted by Crippen LogP contribution is -2.02. The molecule has 0 aliphatic heterocycles. The van der Waals surface area contributed by atoms with Crippen LogP contribution in [0.4, 0.5) is 20.2 Å². The highest BCUT2D eigenvalue weighted by Gasteiger charge is 2.17. The number of nitrogens with zero attached hydrogens (tertiary/aromatic N) is 2. The maximum Gasteiger partial charge on any atom is 0.270 e. The van der Waals surface area contributed by atoms with Crippen molar-refractivity contribution in [2.75, 3.05) is 5.32 Å². The molecular formula is C12H11F2N3O2S. The van der Waals surface area contributed by atoms with Gasteiger partial charge < -0.3 is 5.32 Å². The van der Waals surface area contributed by atoms with Crippen molar-refractivity contribution in [3.05, 3.63) is 50.0 Å². The molecule has 8 heteroatoms. The predicted molar refractivity (Wildman–Crippen MR) is 72.2 cm³/mol. The van der Waals surface area contributed by atoms with Crippen LogP contribution in [-0.4, -0.2) is 9.91 Å². The molecule has 1 N–H and O–H groups in total. The van der Waals surface area contributed by atoms with Crippen molar-refractivity contribution < 1.29 is 13.7 Å². The van der Waals surface area contributed by atoms with E-state index < -0.39 is 11.3 Å². The molecule has 5 nitrogen and oxygen atoms in total. The van der Waals surface area contributed by atoms with Gasteiger partial charge in [-0.15, -0.1) is 11.3 Å². The Hall–Kier alpha value is -2.09. The predicted octanol–water partition coefficient (Wildman–Crippen LogP) is 3.91. The summed E-state index contributed by atoms with van der Waals surface area (Å²) < 4.78 is 25.9. The highest BCUT2D eigenvalue weighted by molar-refractivity contribution is 7.11. The summed E-state index contributed by atoms with van der Waals surface area (Å²) in [5, 5.41) is 14.3. The summed E-state index contributed by atoms with van der Waals surface area (Å²) >= 11 is 1.46. The van der Waals surface area contributed by atoms with Gasteiger partial charge >= 0.3 is 0 Å². The van der Waals surface area contributed by atoms with Crippen LogP contribution in [0.2, 0.25) is 0 Å². The number of halogens is 2. The number of nitrogens with one attached hydrogen (secondary N) is 1. The Morgan fingerprint density at radius 1 is 1.50 bits per heavy atom. The van der Waals surface area contributed by atoms with Crippen molar-refractivity contribution in [2.24, 2.45) is 0 Å². The van der Waals surface area contributed by atoms with Crippen LogP contribution in [0.3, 0.4) is 0 Å². The molecule has 0 atom stereocenters. The Morgan fingerprint density at radius 3 is 2.80 bits per heavy atom. The molecule has 0 aliphatic rings. The first-order chi connectivity index (χ1) is 9.47. The molecule has 0 unspecified atom stereocenters. The summed E-state index contributed by atoms with van der Waals surface area (Å²) in [5.74, 6) is 0. The number of nitro benzene ring substituents is 1. The van der Waals surface area contributed by atoms with E-state index >= 15 is 0 Å². The van der Waals surface area contributed by atoms with E-state index in [-0.39, 0.29) is 16.9 Å². The van der Waals surface area contributed by atoms with Gasteiger partial charge in [0.2, 0.25) is 0 Å². The number of hydrogen-bond donors (Lipinski definition) is 1. The molecule has 0 aliphatic carbocycles. The minimum atomic E-state index is -2.78. The quantitative estimate of drug-likeness (QED) is 0.671. The van der Waals surface area contributed by atoms with E-state index in [0.29, 0.717) is 6.54 Å². The zero-order valence-corrected chi connectivity index (χ0v) is 11.3. The lowest BCUT2D eigenvalue weighted by Gasteiger charge is -2.10. The number of thiazole rings is 1. The first-order valence-electron chi connectivity index (χ1n) is 5.69. The smallest absolute Gasteiger partial charge is 0.270 e. The minimum Gasteiger partial charge on any atom is -0.380 e. The Balaban J connectivity index is 2.20. The number of aromatic nitrogens is 1.